The molecule has 0 spiro atoms. The van der Waals surface area contributed by atoms with Crippen LogP contribution in [0, 0.1) is 0 Å². The van der Waals surface area contributed by atoms with Crippen molar-refractivity contribution in [3.63, 3.8) is 0 Å². The van der Waals surface area contributed by atoms with Gasteiger partial charge in [0.1, 0.15) is 10.2 Å². The van der Waals surface area contributed by atoms with Crippen LogP contribution in [0.4, 0.5) is 0 Å². The molecule has 0 radical (unpaired) electrons. The Morgan fingerprint density at radius 1 is 1.62 bits per heavy atom. The van der Waals surface area contributed by atoms with E-state index < -0.39 is 11.6 Å². The van der Waals surface area contributed by atoms with Crippen LogP contribution in [0.2, 0.25) is 0 Å². The van der Waals surface area contributed by atoms with Gasteiger partial charge in [0.15, 0.2) is 0 Å². The predicted octanol–water partition coefficient (Wildman–Crippen LogP) is 2.00. The lowest BCUT2D eigenvalue weighted by Gasteiger charge is -2.21. The van der Waals surface area contributed by atoms with Gasteiger partial charge in [0.25, 0.3) is 0 Å². The lowest BCUT2D eigenvalue weighted by molar-refractivity contribution is -0.148. The number of pyridine rings is 1. The van der Waals surface area contributed by atoms with E-state index in [1.807, 2.05) is 0 Å². The third kappa shape index (κ3) is 3.57. The van der Waals surface area contributed by atoms with Gasteiger partial charge in [-0.05, 0) is 41.9 Å². The smallest absolute Gasteiger partial charge is 0.309 e. The zero-order valence-corrected chi connectivity index (χ0v) is 10.8. The minimum atomic E-state index is -1.31. The molecule has 5 heteroatoms. The first-order chi connectivity index (χ1) is 7.45. The van der Waals surface area contributed by atoms with Gasteiger partial charge in [-0.15, -0.1) is 0 Å². The fraction of sp³-hybridized carbons (Fsp3) is 0.455. The van der Waals surface area contributed by atoms with Crippen LogP contribution in [0.15, 0.2) is 22.8 Å². The van der Waals surface area contributed by atoms with Crippen molar-refractivity contribution in [2.24, 2.45) is 0 Å². The lowest BCUT2D eigenvalue weighted by Crippen LogP contribution is -2.27. The monoisotopic (exact) mass is 287 g/mol. The zero-order valence-electron chi connectivity index (χ0n) is 9.24. The number of carbonyl (C=O) groups excluding carboxylic acids is 1. The molecule has 4 nitrogen and oxygen atoms in total. The van der Waals surface area contributed by atoms with Crippen molar-refractivity contribution in [3.8, 4) is 0 Å². The van der Waals surface area contributed by atoms with Crippen molar-refractivity contribution >= 4 is 21.9 Å². The third-order valence-corrected chi connectivity index (χ3v) is 2.50. The molecule has 0 aromatic carbocycles. The largest absolute Gasteiger partial charge is 0.466 e. The second-order valence-corrected chi connectivity index (χ2v) is 4.41. The molecule has 0 aliphatic carbocycles. The first-order valence-electron chi connectivity index (χ1n) is 4.96. The van der Waals surface area contributed by atoms with Crippen LogP contribution < -0.4 is 0 Å². The average molecular weight is 288 g/mol. The molecule has 88 valence electrons. The van der Waals surface area contributed by atoms with Crippen LogP contribution in [-0.4, -0.2) is 22.7 Å². The van der Waals surface area contributed by atoms with E-state index in [1.54, 1.807) is 32.0 Å². The molecule has 0 amide bonds. The number of ether oxygens (including phenoxy) is 1. The van der Waals surface area contributed by atoms with E-state index in [4.69, 9.17) is 4.74 Å². The van der Waals surface area contributed by atoms with Gasteiger partial charge >= 0.3 is 5.97 Å². The van der Waals surface area contributed by atoms with Crippen LogP contribution in [-0.2, 0) is 15.1 Å². The van der Waals surface area contributed by atoms with E-state index in [1.165, 1.54) is 0 Å². The summed E-state index contributed by atoms with van der Waals surface area (Å²) in [7, 11) is 0. The predicted molar refractivity (Wildman–Crippen MR) is 62.8 cm³/mol. The maximum Gasteiger partial charge on any atom is 0.309 e. The van der Waals surface area contributed by atoms with Crippen LogP contribution in [0.3, 0.4) is 0 Å². The minimum absolute atomic E-state index is 0.107. The molecule has 16 heavy (non-hydrogen) atoms. The number of hydrogen-bond acceptors (Lipinski definition) is 4. The number of aliphatic hydroxyl groups is 1. The SMILES string of the molecule is CCOC(=O)CC(C)(O)c1cccc(Br)n1. The van der Waals surface area contributed by atoms with E-state index in [9.17, 15) is 9.90 Å². The standard InChI is InChI=1S/C11H14BrNO3/c1-3-16-10(14)7-11(2,15)8-5-4-6-9(12)13-8/h4-6,15H,3,7H2,1-2H3. The fourth-order valence-electron chi connectivity index (χ4n) is 1.29. The first kappa shape index (κ1) is 13.1. The number of nitrogens with zero attached hydrogens (tertiary/aromatic N) is 1. The van der Waals surface area contributed by atoms with Crippen LogP contribution in [0.25, 0.3) is 0 Å². The molecule has 1 aromatic rings. The minimum Gasteiger partial charge on any atom is -0.466 e. The number of carbonyl (C=O) groups is 1. The molecular weight excluding hydrogens is 274 g/mol. The fourth-order valence-corrected chi connectivity index (χ4v) is 1.64. The molecule has 1 N–H and O–H groups in total. The topological polar surface area (TPSA) is 59.4 Å². The van der Waals surface area contributed by atoms with Crippen molar-refractivity contribution in [1.29, 1.82) is 0 Å². The summed E-state index contributed by atoms with van der Waals surface area (Å²) < 4.78 is 5.41. The molecule has 1 aromatic heterocycles. The molecule has 0 saturated heterocycles. The molecule has 1 heterocycles. The molecular formula is C11H14BrNO3. The second kappa shape index (κ2) is 5.41. The molecule has 0 saturated carbocycles. The summed E-state index contributed by atoms with van der Waals surface area (Å²) in [6, 6.07) is 5.18. The van der Waals surface area contributed by atoms with E-state index in [0.717, 1.165) is 0 Å². The van der Waals surface area contributed by atoms with Gasteiger partial charge in [-0.2, -0.15) is 0 Å². The number of hydrogen-bond donors (Lipinski definition) is 1. The molecule has 1 unspecified atom stereocenters. The van der Waals surface area contributed by atoms with Gasteiger partial charge < -0.3 is 9.84 Å². The molecule has 0 fully saturated rings. The number of aromatic nitrogens is 1. The maximum absolute atomic E-state index is 11.3. The Morgan fingerprint density at radius 2 is 2.31 bits per heavy atom. The Bertz CT molecular complexity index is 379. The highest BCUT2D eigenvalue weighted by molar-refractivity contribution is 9.10. The number of halogens is 1. The van der Waals surface area contributed by atoms with Crippen molar-refractivity contribution in [3.05, 3.63) is 28.5 Å². The van der Waals surface area contributed by atoms with Crippen molar-refractivity contribution in [1.82, 2.24) is 4.98 Å². The highest BCUT2D eigenvalue weighted by atomic mass is 79.9. The molecule has 1 atom stereocenters. The summed E-state index contributed by atoms with van der Waals surface area (Å²) in [5, 5.41) is 10.1. The quantitative estimate of drug-likeness (QED) is 0.680. The van der Waals surface area contributed by atoms with Crippen molar-refractivity contribution in [2.45, 2.75) is 25.9 Å². The molecule has 0 aliphatic rings. The first-order valence-corrected chi connectivity index (χ1v) is 5.76. The third-order valence-electron chi connectivity index (χ3n) is 2.06. The Hall–Kier alpha value is -0.940. The Kier molecular flexibility index (Phi) is 4.44. The normalized spacial score (nSPS) is 14.2. The summed E-state index contributed by atoms with van der Waals surface area (Å²) in [6.45, 7) is 3.57. The van der Waals surface area contributed by atoms with E-state index in [-0.39, 0.29) is 6.42 Å². The van der Waals surface area contributed by atoms with E-state index in [0.29, 0.717) is 16.9 Å². The van der Waals surface area contributed by atoms with Crippen LogP contribution in [0.5, 0.6) is 0 Å². The number of rotatable bonds is 4. The second-order valence-electron chi connectivity index (χ2n) is 3.60. The van der Waals surface area contributed by atoms with E-state index in [2.05, 4.69) is 20.9 Å². The summed E-state index contributed by atoms with van der Waals surface area (Å²) in [6.07, 6.45) is -0.107. The Labute approximate surface area is 103 Å². The Morgan fingerprint density at radius 3 is 2.88 bits per heavy atom. The molecule has 0 aliphatic heterocycles. The van der Waals surface area contributed by atoms with Crippen molar-refractivity contribution in [2.75, 3.05) is 6.61 Å². The van der Waals surface area contributed by atoms with Gasteiger partial charge in [-0.3, -0.25) is 4.79 Å². The van der Waals surface area contributed by atoms with Crippen molar-refractivity contribution < 1.29 is 14.6 Å². The summed E-state index contributed by atoms with van der Waals surface area (Å²) in [4.78, 5) is 15.4. The van der Waals surface area contributed by atoms with Crippen LogP contribution in [0.1, 0.15) is 26.0 Å². The van der Waals surface area contributed by atoms with Gasteiger partial charge in [-0.1, -0.05) is 6.07 Å². The van der Waals surface area contributed by atoms with E-state index >= 15 is 0 Å². The zero-order chi connectivity index (χ0) is 12.2. The lowest BCUT2D eigenvalue weighted by atomic mass is 9.98. The molecule has 1 rings (SSSR count). The van der Waals surface area contributed by atoms with Gasteiger partial charge in [0.05, 0.1) is 18.7 Å². The molecule has 0 bridgehead atoms. The average Bonchev–Trinajstić information content (AvgIpc) is 2.17. The Balaban J connectivity index is 2.81. The van der Waals surface area contributed by atoms with Gasteiger partial charge in [0, 0.05) is 0 Å². The highest BCUT2D eigenvalue weighted by Crippen LogP contribution is 2.24. The summed E-state index contributed by atoms with van der Waals surface area (Å²) in [5.74, 6) is -0.436. The van der Waals surface area contributed by atoms with Crippen LogP contribution >= 0.6 is 15.9 Å². The summed E-state index contributed by atoms with van der Waals surface area (Å²) in [5.41, 5.74) is -0.870. The summed E-state index contributed by atoms with van der Waals surface area (Å²) >= 11 is 3.21. The maximum atomic E-state index is 11.3. The van der Waals surface area contributed by atoms with Gasteiger partial charge in [0.2, 0.25) is 0 Å². The highest BCUT2D eigenvalue weighted by Gasteiger charge is 2.28. The van der Waals surface area contributed by atoms with Gasteiger partial charge in [-0.25, -0.2) is 4.98 Å². The number of esters is 1.